The van der Waals surface area contributed by atoms with Crippen LogP contribution >= 0.6 is 48.0 Å². The molecule has 0 fully saturated rings. The fraction of sp³-hybridized carbons (Fsp3) is 0.333. The van der Waals surface area contributed by atoms with Gasteiger partial charge in [-0.25, -0.2) is 0 Å². The standard InChI is InChI=1S/C16H11Cl2.C9H13.C2H6Si.2ClH.Zr/c1-10-7-13-14(8-12(17)9-15(13)18)16(10)11-5-3-2-4-6-11;1-6-5-7(2)9(4)8(6)3;1-3-2;;;/h2-9H,1H3;6H,1-4H3;1-2H3;2*1H;. The second-order valence-electron chi connectivity index (χ2n) is 9.19. The Morgan fingerprint density at radius 3 is 1.97 bits per heavy atom. The minimum Gasteiger partial charge on any atom is -0.147 e. The first-order valence-corrected chi connectivity index (χ1v) is 20.6. The molecule has 176 valence electrons. The molecular weight excluding hydrogens is 585 g/mol. The molecule has 0 spiro atoms. The first-order chi connectivity index (χ1) is 14.6. The van der Waals surface area contributed by atoms with E-state index in [2.05, 4.69) is 84.1 Å². The number of halogens is 4. The molecule has 0 heterocycles. The normalized spacial score (nSPS) is 19.4. The van der Waals surface area contributed by atoms with Gasteiger partial charge in [-0.05, 0) is 0 Å². The Morgan fingerprint density at radius 1 is 0.848 bits per heavy atom. The smallest absolute Gasteiger partial charge is 0.147 e. The van der Waals surface area contributed by atoms with E-state index in [1.807, 2.05) is 9.35 Å². The molecule has 0 radical (unpaired) electrons. The molecule has 2 aliphatic carbocycles. The van der Waals surface area contributed by atoms with E-state index in [4.69, 9.17) is 23.2 Å². The van der Waals surface area contributed by atoms with Crippen LogP contribution < -0.4 is 0 Å². The van der Waals surface area contributed by atoms with E-state index < -0.39 is 25.8 Å². The molecule has 0 aromatic heterocycles. The summed E-state index contributed by atoms with van der Waals surface area (Å²) in [6.07, 6.45) is 0. The Labute approximate surface area is 229 Å². The van der Waals surface area contributed by atoms with E-state index >= 15 is 0 Å². The molecule has 0 bridgehead atoms. The fourth-order valence-electron chi connectivity index (χ4n) is 5.52. The molecule has 4 rings (SSSR count). The Kier molecular flexibility index (Phi) is 10.0. The van der Waals surface area contributed by atoms with Gasteiger partial charge in [0.05, 0.1) is 0 Å². The quantitative estimate of drug-likeness (QED) is 0.301. The topological polar surface area (TPSA) is 0 Å². The van der Waals surface area contributed by atoms with Gasteiger partial charge in [0, 0.05) is 0 Å². The molecule has 0 nitrogen and oxygen atoms in total. The van der Waals surface area contributed by atoms with Gasteiger partial charge < -0.3 is 0 Å². The predicted molar refractivity (Wildman–Crippen MR) is 150 cm³/mol. The molecular formula is C27H32Cl4SiZr. The molecule has 0 N–H and O–H groups in total. The van der Waals surface area contributed by atoms with Gasteiger partial charge in [-0.2, -0.15) is 0 Å². The summed E-state index contributed by atoms with van der Waals surface area (Å²) in [6, 6.07) is 14.9. The average Bonchev–Trinajstić information content (AvgIpc) is 3.10. The van der Waals surface area contributed by atoms with Crippen molar-refractivity contribution < 1.29 is 20.4 Å². The summed E-state index contributed by atoms with van der Waals surface area (Å²) in [5.74, 6) is 0.581. The maximum Gasteiger partial charge on any atom is -0.147 e. The van der Waals surface area contributed by atoms with Gasteiger partial charge in [-0.1, -0.05) is 0 Å². The van der Waals surface area contributed by atoms with Crippen molar-refractivity contribution in [2.45, 2.75) is 51.3 Å². The third-order valence-corrected chi connectivity index (χ3v) is 26.8. The van der Waals surface area contributed by atoms with Crippen LogP contribution in [0.2, 0.25) is 23.1 Å². The van der Waals surface area contributed by atoms with Crippen LogP contribution in [-0.4, -0.2) is 5.43 Å². The first kappa shape index (κ1) is 29.2. The van der Waals surface area contributed by atoms with Crippen molar-refractivity contribution in [1.29, 1.82) is 0 Å². The van der Waals surface area contributed by atoms with E-state index in [-0.39, 0.29) is 24.8 Å². The SMILES string of the molecule is CC1=C(C)C(C)[C]([Zr]([CH]2C(C)=C(c3ccccc3)c3cc(Cl)cc(Cl)c32)=[Si](C)C)=C1C.Cl.Cl. The van der Waals surface area contributed by atoms with Gasteiger partial charge in [0.15, 0.2) is 0 Å². The van der Waals surface area contributed by atoms with Crippen LogP contribution in [-0.2, 0) is 20.4 Å². The van der Waals surface area contributed by atoms with Crippen molar-refractivity contribution in [2.75, 3.05) is 0 Å². The van der Waals surface area contributed by atoms with Crippen LogP contribution in [0.5, 0.6) is 0 Å². The Bertz CT molecular complexity index is 1220. The number of allylic oxidation sites excluding steroid dienone is 5. The second-order valence-corrected chi connectivity index (χ2v) is 27.4. The molecule has 2 aliphatic rings. The number of hydrogen-bond donors (Lipinski definition) is 0. The number of benzene rings is 2. The molecule has 2 unspecified atom stereocenters. The summed E-state index contributed by atoms with van der Waals surface area (Å²) in [6.45, 7) is 16.9. The van der Waals surface area contributed by atoms with Crippen molar-refractivity contribution in [2.24, 2.45) is 5.92 Å². The number of hydrogen-bond acceptors (Lipinski definition) is 0. The average molecular weight is 618 g/mol. The van der Waals surface area contributed by atoms with E-state index in [9.17, 15) is 0 Å². The molecule has 0 saturated carbocycles. The Hall–Kier alpha value is -0.0800. The van der Waals surface area contributed by atoms with Gasteiger partial charge in [0.25, 0.3) is 0 Å². The van der Waals surface area contributed by atoms with Crippen LogP contribution in [0.4, 0.5) is 0 Å². The van der Waals surface area contributed by atoms with Crippen molar-refractivity contribution in [1.82, 2.24) is 0 Å². The Morgan fingerprint density at radius 2 is 1.45 bits per heavy atom. The summed E-state index contributed by atoms with van der Waals surface area (Å²) < 4.78 is 2.32. The van der Waals surface area contributed by atoms with Crippen molar-refractivity contribution in [3.05, 3.63) is 94.8 Å². The summed E-state index contributed by atoms with van der Waals surface area (Å²) >= 11 is 11.4. The maximum atomic E-state index is 6.98. The second kappa shape index (κ2) is 11.3. The molecule has 2 aromatic carbocycles. The van der Waals surface area contributed by atoms with Gasteiger partial charge in [-0.3, -0.25) is 0 Å². The predicted octanol–water partition coefficient (Wildman–Crippen LogP) is 9.84. The first-order valence-electron chi connectivity index (χ1n) is 11.0. The van der Waals surface area contributed by atoms with Gasteiger partial charge >= 0.3 is 207 Å². The summed E-state index contributed by atoms with van der Waals surface area (Å²) in [7, 11) is 0. The molecule has 0 saturated heterocycles. The van der Waals surface area contributed by atoms with E-state index in [1.54, 1.807) is 11.1 Å². The maximum absolute atomic E-state index is 6.98. The number of fused-ring (bicyclic) bond motifs is 1. The van der Waals surface area contributed by atoms with Crippen molar-refractivity contribution in [3.63, 3.8) is 0 Å². The minimum absolute atomic E-state index is 0. The third kappa shape index (κ3) is 4.96. The van der Waals surface area contributed by atoms with Crippen LogP contribution in [0.25, 0.3) is 5.57 Å². The summed E-state index contributed by atoms with van der Waals surface area (Å²) in [4.78, 5) is 0. The van der Waals surface area contributed by atoms with E-state index in [1.165, 1.54) is 33.4 Å². The third-order valence-electron chi connectivity index (χ3n) is 7.30. The van der Waals surface area contributed by atoms with E-state index in [0.717, 1.165) is 10.0 Å². The van der Waals surface area contributed by atoms with Crippen LogP contribution in [0, 0.1) is 5.92 Å². The van der Waals surface area contributed by atoms with Crippen LogP contribution in [0.3, 0.4) is 0 Å². The molecule has 2 aromatic rings. The van der Waals surface area contributed by atoms with Crippen LogP contribution in [0.1, 0.15) is 54.9 Å². The molecule has 0 aliphatic heterocycles. The summed E-state index contributed by atoms with van der Waals surface area (Å²) in [5, 5.41) is 1.58. The van der Waals surface area contributed by atoms with Crippen molar-refractivity contribution >= 4 is 59.0 Å². The van der Waals surface area contributed by atoms with Gasteiger partial charge in [0.2, 0.25) is 0 Å². The van der Waals surface area contributed by atoms with Gasteiger partial charge in [0.1, 0.15) is 0 Å². The molecule has 0 amide bonds. The largest absolute Gasteiger partial charge is 0.147 e. The number of rotatable bonds is 3. The van der Waals surface area contributed by atoms with Crippen molar-refractivity contribution in [3.8, 4) is 0 Å². The zero-order valence-corrected chi connectivity index (χ0v) is 26.9. The van der Waals surface area contributed by atoms with Crippen LogP contribution in [0.15, 0.2) is 68.0 Å². The monoisotopic (exact) mass is 614 g/mol. The zero-order chi connectivity index (χ0) is 22.6. The van der Waals surface area contributed by atoms with Gasteiger partial charge in [-0.15, -0.1) is 24.8 Å². The zero-order valence-electron chi connectivity index (χ0n) is 20.3. The Balaban J connectivity index is 0.00000193. The molecule has 6 heteroatoms. The summed E-state index contributed by atoms with van der Waals surface area (Å²) in [5.41, 5.74) is 11.0. The minimum atomic E-state index is -2.12. The van der Waals surface area contributed by atoms with E-state index in [0.29, 0.717) is 9.54 Å². The fourth-order valence-corrected chi connectivity index (χ4v) is 27.0. The molecule has 2 atom stereocenters. The molecule has 33 heavy (non-hydrogen) atoms.